The standard InChI is InChI=1S/C15H23N3.C8H15NO/c1-5-7-8-13(6-2)11-15(9-10-15)14-17-16-12(3)18(14)4;1-7-3-5-9(6-4-7)8(2)10/h6-8H,5,9-11H2,1-4H3;7H,3-6H2,1-2H3/b8-7-,13-6+;. The number of allylic oxidation sites excluding steroid dienone is 4. The van der Waals surface area contributed by atoms with E-state index in [1.165, 1.54) is 31.3 Å². The number of amides is 1. The van der Waals surface area contributed by atoms with Crippen LogP contribution in [0.15, 0.2) is 23.8 Å². The Bertz CT molecular complexity index is 704. The summed E-state index contributed by atoms with van der Waals surface area (Å²) in [6.07, 6.45) is 13.7. The lowest BCUT2D eigenvalue weighted by atomic mass is 9.94. The summed E-state index contributed by atoms with van der Waals surface area (Å²) in [6, 6.07) is 0. The predicted molar refractivity (Wildman–Crippen MR) is 115 cm³/mol. The molecule has 1 aromatic heterocycles. The zero-order chi connectivity index (χ0) is 20.7. The van der Waals surface area contributed by atoms with Crippen LogP contribution in [0.25, 0.3) is 0 Å². The number of piperidine rings is 1. The molecule has 0 N–H and O–H groups in total. The molecular weight excluding hydrogens is 348 g/mol. The number of hydrogen-bond donors (Lipinski definition) is 0. The minimum absolute atomic E-state index is 0.229. The number of rotatable bonds is 5. The lowest BCUT2D eigenvalue weighted by Gasteiger charge is -2.29. The first-order chi connectivity index (χ1) is 13.3. The Balaban J connectivity index is 0.000000237. The lowest BCUT2D eigenvalue weighted by molar-refractivity contribution is -0.130. The molecule has 5 heteroatoms. The van der Waals surface area contributed by atoms with Crippen LogP contribution >= 0.6 is 0 Å². The molecule has 1 aliphatic carbocycles. The summed E-state index contributed by atoms with van der Waals surface area (Å²) in [5.74, 6) is 3.20. The maximum absolute atomic E-state index is 10.8. The van der Waals surface area contributed by atoms with Gasteiger partial charge in [0.1, 0.15) is 11.6 Å². The van der Waals surface area contributed by atoms with Crippen LogP contribution in [0, 0.1) is 12.8 Å². The molecule has 1 aliphatic heterocycles. The molecule has 0 aromatic carbocycles. The van der Waals surface area contributed by atoms with E-state index >= 15 is 0 Å². The second kappa shape index (κ2) is 10.0. The second-order valence-electron chi connectivity index (χ2n) is 8.45. The first kappa shape index (κ1) is 22.4. The smallest absolute Gasteiger partial charge is 0.219 e. The van der Waals surface area contributed by atoms with Gasteiger partial charge in [-0.15, -0.1) is 10.2 Å². The molecule has 28 heavy (non-hydrogen) atoms. The highest BCUT2D eigenvalue weighted by atomic mass is 16.2. The summed E-state index contributed by atoms with van der Waals surface area (Å²) in [7, 11) is 2.07. The highest BCUT2D eigenvalue weighted by molar-refractivity contribution is 5.73. The molecule has 2 fully saturated rings. The van der Waals surface area contributed by atoms with Crippen LogP contribution in [0.3, 0.4) is 0 Å². The third kappa shape index (κ3) is 5.79. The Morgan fingerprint density at radius 2 is 1.89 bits per heavy atom. The molecule has 1 saturated carbocycles. The highest BCUT2D eigenvalue weighted by Crippen LogP contribution is 2.51. The average Bonchev–Trinajstić information content (AvgIpc) is 3.38. The van der Waals surface area contributed by atoms with E-state index in [0.29, 0.717) is 0 Å². The Hall–Kier alpha value is -1.91. The summed E-state index contributed by atoms with van der Waals surface area (Å²) in [5, 5.41) is 8.57. The number of nitrogens with zero attached hydrogens (tertiary/aromatic N) is 4. The summed E-state index contributed by atoms with van der Waals surface area (Å²) >= 11 is 0. The zero-order valence-corrected chi connectivity index (χ0v) is 18.7. The van der Waals surface area contributed by atoms with Crippen LogP contribution < -0.4 is 0 Å². The molecule has 0 atom stereocenters. The SMILES string of the molecule is C/C=C(\C=C/CC)CC1(c2nnc(C)n2C)CC1.CC(=O)N1CCC(C)CC1. The van der Waals surface area contributed by atoms with Crippen LogP contribution in [-0.4, -0.2) is 38.7 Å². The van der Waals surface area contributed by atoms with E-state index < -0.39 is 0 Å². The van der Waals surface area contributed by atoms with E-state index in [1.807, 2.05) is 11.8 Å². The van der Waals surface area contributed by atoms with Gasteiger partial charge in [0.05, 0.1) is 0 Å². The van der Waals surface area contributed by atoms with Gasteiger partial charge in [-0.25, -0.2) is 0 Å². The van der Waals surface area contributed by atoms with Crippen molar-refractivity contribution in [3.05, 3.63) is 35.4 Å². The molecule has 0 spiro atoms. The Labute approximate surface area is 170 Å². The van der Waals surface area contributed by atoms with E-state index in [1.54, 1.807) is 6.92 Å². The van der Waals surface area contributed by atoms with Gasteiger partial charge in [-0.1, -0.05) is 37.6 Å². The normalized spacial score (nSPS) is 19.5. The van der Waals surface area contributed by atoms with Gasteiger partial charge in [-0.3, -0.25) is 4.79 Å². The maximum Gasteiger partial charge on any atom is 0.219 e. The molecular formula is C23H38N4O. The molecule has 1 aromatic rings. The number of carbonyl (C=O) groups excluding carboxylic acids is 1. The number of likely N-dealkylation sites (tertiary alicyclic amines) is 1. The fourth-order valence-corrected chi connectivity index (χ4v) is 3.74. The monoisotopic (exact) mass is 386 g/mol. The summed E-state index contributed by atoms with van der Waals surface area (Å²) in [5.41, 5.74) is 1.66. The van der Waals surface area contributed by atoms with Crippen molar-refractivity contribution in [2.75, 3.05) is 13.1 Å². The molecule has 0 bridgehead atoms. The number of carbonyl (C=O) groups is 1. The van der Waals surface area contributed by atoms with Crippen molar-refractivity contribution in [1.29, 1.82) is 0 Å². The van der Waals surface area contributed by atoms with Crippen molar-refractivity contribution in [2.45, 2.75) is 78.6 Å². The van der Waals surface area contributed by atoms with Crippen LogP contribution in [-0.2, 0) is 17.3 Å². The molecule has 2 heterocycles. The molecule has 5 nitrogen and oxygen atoms in total. The summed E-state index contributed by atoms with van der Waals surface area (Å²) in [4.78, 5) is 12.8. The van der Waals surface area contributed by atoms with Gasteiger partial charge in [-0.2, -0.15) is 0 Å². The second-order valence-corrected chi connectivity index (χ2v) is 8.45. The third-order valence-electron chi connectivity index (χ3n) is 6.13. The first-order valence-corrected chi connectivity index (χ1v) is 10.8. The van der Waals surface area contributed by atoms with Crippen LogP contribution in [0.1, 0.15) is 77.9 Å². The predicted octanol–water partition coefficient (Wildman–Crippen LogP) is 4.72. The fraction of sp³-hybridized carbons (Fsp3) is 0.696. The molecule has 1 amide bonds. The number of aryl methyl sites for hydroxylation is 1. The molecule has 0 radical (unpaired) electrons. The largest absolute Gasteiger partial charge is 0.343 e. The van der Waals surface area contributed by atoms with Gasteiger partial charge in [0.15, 0.2) is 0 Å². The van der Waals surface area contributed by atoms with Crippen molar-refractivity contribution in [2.24, 2.45) is 13.0 Å². The van der Waals surface area contributed by atoms with E-state index in [9.17, 15) is 4.79 Å². The number of aromatic nitrogens is 3. The highest BCUT2D eigenvalue weighted by Gasteiger charge is 2.48. The third-order valence-corrected chi connectivity index (χ3v) is 6.13. The quantitative estimate of drug-likeness (QED) is 0.688. The minimum Gasteiger partial charge on any atom is -0.343 e. The lowest BCUT2D eigenvalue weighted by Crippen LogP contribution is -2.36. The zero-order valence-electron chi connectivity index (χ0n) is 18.7. The average molecular weight is 387 g/mol. The van der Waals surface area contributed by atoms with Gasteiger partial charge in [0.2, 0.25) is 5.91 Å². The van der Waals surface area contributed by atoms with Gasteiger partial charge < -0.3 is 9.47 Å². The van der Waals surface area contributed by atoms with Crippen molar-refractivity contribution >= 4 is 5.91 Å². The minimum atomic E-state index is 0.229. The van der Waals surface area contributed by atoms with Crippen molar-refractivity contribution in [1.82, 2.24) is 19.7 Å². The summed E-state index contributed by atoms with van der Waals surface area (Å²) < 4.78 is 2.14. The molecule has 0 unspecified atom stereocenters. The van der Waals surface area contributed by atoms with E-state index in [2.05, 4.69) is 60.8 Å². The van der Waals surface area contributed by atoms with Crippen molar-refractivity contribution in [3.63, 3.8) is 0 Å². The number of hydrogen-bond acceptors (Lipinski definition) is 3. The van der Waals surface area contributed by atoms with Crippen LogP contribution in [0.4, 0.5) is 0 Å². The maximum atomic E-state index is 10.8. The van der Waals surface area contributed by atoms with Crippen LogP contribution in [0.2, 0.25) is 0 Å². The summed E-state index contributed by atoms with van der Waals surface area (Å²) in [6.45, 7) is 12.1. The van der Waals surface area contributed by atoms with Gasteiger partial charge in [-0.05, 0) is 58.3 Å². The Morgan fingerprint density at radius 1 is 1.25 bits per heavy atom. The van der Waals surface area contributed by atoms with Gasteiger partial charge >= 0.3 is 0 Å². The van der Waals surface area contributed by atoms with Crippen LogP contribution in [0.5, 0.6) is 0 Å². The molecule has 3 rings (SSSR count). The van der Waals surface area contributed by atoms with Gasteiger partial charge in [0.25, 0.3) is 0 Å². The van der Waals surface area contributed by atoms with Crippen molar-refractivity contribution in [3.8, 4) is 0 Å². The van der Waals surface area contributed by atoms with Crippen molar-refractivity contribution < 1.29 is 4.79 Å². The van der Waals surface area contributed by atoms with E-state index in [0.717, 1.165) is 43.5 Å². The molecule has 2 aliphatic rings. The van der Waals surface area contributed by atoms with E-state index in [-0.39, 0.29) is 11.3 Å². The van der Waals surface area contributed by atoms with Gasteiger partial charge in [0, 0.05) is 32.5 Å². The first-order valence-electron chi connectivity index (χ1n) is 10.8. The Kier molecular flexibility index (Phi) is 8.02. The van der Waals surface area contributed by atoms with E-state index in [4.69, 9.17) is 0 Å². The Morgan fingerprint density at radius 3 is 2.32 bits per heavy atom. The fourth-order valence-electron chi connectivity index (χ4n) is 3.74. The molecule has 156 valence electrons. The molecule has 1 saturated heterocycles. The topological polar surface area (TPSA) is 51.0 Å².